The summed E-state index contributed by atoms with van der Waals surface area (Å²) in [6.45, 7) is 9.93. The van der Waals surface area contributed by atoms with Crippen LogP contribution in [0.15, 0.2) is 59.0 Å². The lowest BCUT2D eigenvalue weighted by Gasteiger charge is -2.16. The van der Waals surface area contributed by atoms with Crippen LogP contribution in [-0.4, -0.2) is 47.0 Å². The van der Waals surface area contributed by atoms with E-state index in [4.69, 9.17) is 0 Å². The van der Waals surface area contributed by atoms with Gasteiger partial charge in [-0.1, -0.05) is 25.1 Å². The van der Waals surface area contributed by atoms with Crippen molar-refractivity contribution in [3.63, 3.8) is 0 Å². The van der Waals surface area contributed by atoms with Crippen molar-refractivity contribution in [3.05, 3.63) is 65.9 Å². The van der Waals surface area contributed by atoms with Crippen molar-refractivity contribution >= 4 is 40.8 Å². The number of nitrogens with zero attached hydrogens (tertiary/aromatic N) is 5. The first kappa shape index (κ1) is 22.7. The fourth-order valence-corrected chi connectivity index (χ4v) is 3.26. The Balaban J connectivity index is 1.79. The number of pyridine rings is 1. The van der Waals surface area contributed by atoms with Gasteiger partial charge in [-0.3, -0.25) is 9.78 Å². The molecular formula is C24H27N7O. The van der Waals surface area contributed by atoms with Crippen molar-refractivity contribution in [2.75, 3.05) is 18.9 Å². The number of amidine groups is 1. The lowest BCUT2D eigenvalue weighted by molar-refractivity contribution is 0.0964. The van der Waals surface area contributed by atoms with Gasteiger partial charge in [0.15, 0.2) is 0 Å². The average molecular weight is 430 g/mol. The topological polar surface area (TPSA) is 105 Å². The van der Waals surface area contributed by atoms with E-state index in [9.17, 15) is 4.79 Å². The van der Waals surface area contributed by atoms with Crippen molar-refractivity contribution in [1.82, 2.24) is 20.3 Å². The molecular weight excluding hydrogens is 402 g/mol. The van der Waals surface area contributed by atoms with Crippen molar-refractivity contribution < 1.29 is 4.79 Å². The Hall–Kier alpha value is -3.94. The van der Waals surface area contributed by atoms with Crippen LogP contribution in [0.4, 0.5) is 5.82 Å². The highest BCUT2D eigenvalue weighted by molar-refractivity contribution is 6.06. The highest BCUT2D eigenvalue weighted by atomic mass is 16.1. The summed E-state index contributed by atoms with van der Waals surface area (Å²) in [6.07, 6.45) is 4.91. The quantitative estimate of drug-likeness (QED) is 0.435. The first-order valence-corrected chi connectivity index (χ1v) is 10.3. The summed E-state index contributed by atoms with van der Waals surface area (Å²) in [4.78, 5) is 33.4. The minimum absolute atomic E-state index is 0.124. The molecule has 1 aromatic carbocycles. The molecule has 0 bridgehead atoms. The first-order valence-electron chi connectivity index (χ1n) is 10.3. The van der Waals surface area contributed by atoms with Crippen LogP contribution in [0.5, 0.6) is 0 Å². The molecule has 0 saturated carbocycles. The van der Waals surface area contributed by atoms with Crippen molar-refractivity contribution in [1.29, 1.82) is 0 Å². The van der Waals surface area contributed by atoms with Crippen molar-refractivity contribution in [2.24, 2.45) is 9.98 Å². The number of allylic oxidation sites excluding steroid dienone is 1. The number of para-hydroxylation sites is 1. The predicted molar refractivity (Wildman–Crippen MR) is 130 cm³/mol. The number of nitrogens with one attached hydrogen (secondary N) is 2. The normalized spacial score (nSPS) is 13.0. The molecule has 3 rings (SSSR count). The molecule has 1 atom stereocenters. The molecule has 0 saturated heterocycles. The Morgan fingerprint density at radius 1 is 1.22 bits per heavy atom. The molecule has 2 heterocycles. The van der Waals surface area contributed by atoms with Gasteiger partial charge >= 0.3 is 0 Å². The number of aliphatic imine (C=N–C) groups is 2. The van der Waals surface area contributed by atoms with Gasteiger partial charge in [0.25, 0.3) is 5.91 Å². The highest BCUT2D eigenvalue weighted by Gasteiger charge is 2.15. The molecule has 8 nitrogen and oxygen atoms in total. The number of carbonyl (C=O) groups is 1. The summed E-state index contributed by atoms with van der Waals surface area (Å²) in [7, 11) is 1.63. The smallest absolute Gasteiger partial charge is 0.251 e. The number of benzene rings is 1. The second-order valence-corrected chi connectivity index (χ2v) is 7.40. The summed E-state index contributed by atoms with van der Waals surface area (Å²) < 4.78 is 0. The zero-order valence-electron chi connectivity index (χ0n) is 18.8. The molecule has 1 amide bonds. The minimum atomic E-state index is -0.124. The van der Waals surface area contributed by atoms with Crippen LogP contribution in [0, 0.1) is 0 Å². The van der Waals surface area contributed by atoms with E-state index in [1.54, 1.807) is 32.4 Å². The number of anilines is 1. The standard InChI is InChI=1S/C24H27N7O/c1-15(18-7-6-8-19-20(24(32)26-5)9-10-27-23(18)19)12-29-22-11-21(30-14-31-22)16(2)13-28-17(3)25-4/h6-11,13-15H,4,12H2,1-3,5H3,(H,26,32)(H,29,30,31)/b16-13+,28-17-/t15-/m1/s1. The maximum Gasteiger partial charge on any atom is 0.251 e. The van der Waals surface area contributed by atoms with Crippen LogP contribution in [-0.2, 0) is 0 Å². The molecule has 0 aliphatic heterocycles. The molecule has 0 aliphatic rings. The van der Waals surface area contributed by atoms with Crippen molar-refractivity contribution in [2.45, 2.75) is 26.7 Å². The third-order valence-electron chi connectivity index (χ3n) is 5.14. The maximum atomic E-state index is 12.2. The number of hydrogen-bond donors (Lipinski definition) is 2. The van der Waals surface area contributed by atoms with Gasteiger partial charge in [0, 0.05) is 43.4 Å². The van der Waals surface area contributed by atoms with Gasteiger partial charge < -0.3 is 10.6 Å². The lowest BCUT2D eigenvalue weighted by Crippen LogP contribution is -2.18. The molecule has 32 heavy (non-hydrogen) atoms. The number of carbonyl (C=O) groups excluding carboxylic acids is 1. The van der Waals surface area contributed by atoms with Gasteiger partial charge in [-0.25, -0.2) is 20.0 Å². The fourth-order valence-electron chi connectivity index (χ4n) is 3.26. The SMILES string of the molecule is C=N/C(C)=N\C=C(/C)c1cc(NC[C@@H](C)c2cccc3c(C(=O)NC)ccnc23)ncn1. The van der Waals surface area contributed by atoms with E-state index in [0.29, 0.717) is 17.9 Å². The van der Waals surface area contributed by atoms with Gasteiger partial charge in [-0.15, -0.1) is 0 Å². The number of rotatable bonds is 7. The van der Waals surface area contributed by atoms with E-state index >= 15 is 0 Å². The Morgan fingerprint density at radius 3 is 2.78 bits per heavy atom. The molecule has 0 aliphatic carbocycles. The molecule has 0 fully saturated rings. The van der Waals surface area contributed by atoms with Crippen molar-refractivity contribution in [3.8, 4) is 0 Å². The Kier molecular flexibility index (Phi) is 7.38. The van der Waals surface area contributed by atoms with E-state index in [1.807, 2.05) is 31.2 Å². The molecule has 2 aromatic heterocycles. The summed E-state index contributed by atoms with van der Waals surface area (Å²) in [5, 5.41) is 6.90. The second kappa shape index (κ2) is 10.4. The summed E-state index contributed by atoms with van der Waals surface area (Å²) in [6, 6.07) is 9.55. The number of hydrogen-bond acceptors (Lipinski definition) is 6. The molecule has 164 valence electrons. The third kappa shape index (κ3) is 5.21. The van der Waals surface area contributed by atoms with E-state index in [2.05, 4.69) is 49.2 Å². The Bertz CT molecular complexity index is 1200. The van der Waals surface area contributed by atoms with Gasteiger partial charge in [0.1, 0.15) is 18.0 Å². The third-order valence-corrected chi connectivity index (χ3v) is 5.14. The molecule has 8 heteroatoms. The first-order chi connectivity index (χ1) is 15.4. The molecule has 0 radical (unpaired) electrons. The van der Waals surface area contributed by atoms with Gasteiger partial charge in [-0.2, -0.15) is 0 Å². The summed E-state index contributed by atoms with van der Waals surface area (Å²) in [5.41, 5.74) is 4.18. The molecule has 0 spiro atoms. The van der Waals surface area contributed by atoms with Gasteiger partial charge in [-0.05, 0) is 37.8 Å². The van der Waals surface area contributed by atoms with Gasteiger partial charge in [0.2, 0.25) is 0 Å². The molecule has 2 N–H and O–H groups in total. The van der Waals surface area contributed by atoms with Crippen LogP contribution in [0.1, 0.15) is 48.3 Å². The van der Waals surface area contributed by atoms with E-state index in [-0.39, 0.29) is 11.8 Å². The molecule has 0 unspecified atom stereocenters. The van der Waals surface area contributed by atoms with E-state index in [0.717, 1.165) is 33.6 Å². The Morgan fingerprint density at radius 2 is 2.03 bits per heavy atom. The van der Waals surface area contributed by atoms with Crippen LogP contribution in [0.3, 0.4) is 0 Å². The zero-order chi connectivity index (χ0) is 23.1. The molecule has 3 aromatic rings. The van der Waals surface area contributed by atoms with E-state index in [1.165, 1.54) is 6.33 Å². The van der Waals surface area contributed by atoms with Crippen LogP contribution >= 0.6 is 0 Å². The van der Waals surface area contributed by atoms with Gasteiger partial charge in [0.05, 0.1) is 16.8 Å². The number of fused-ring (bicyclic) bond motifs is 1. The van der Waals surface area contributed by atoms with Crippen LogP contribution < -0.4 is 10.6 Å². The number of aromatic nitrogens is 3. The predicted octanol–water partition coefficient (Wildman–Crippen LogP) is 4.08. The lowest BCUT2D eigenvalue weighted by atomic mass is 9.96. The van der Waals surface area contributed by atoms with Crippen LogP contribution in [0.25, 0.3) is 16.5 Å². The number of amides is 1. The van der Waals surface area contributed by atoms with E-state index < -0.39 is 0 Å². The summed E-state index contributed by atoms with van der Waals surface area (Å²) in [5.74, 6) is 1.32. The highest BCUT2D eigenvalue weighted by Crippen LogP contribution is 2.26. The van der Waals surface area contributed by atoms with Crippen LogP contribution in [0.2, 0.25) is 0 Å². The second-order valence-electron chi connectivity index (χ2n) is 7.40. The largest absolute Gasteiger partial charge is 0.369 e. The maximum absolute atomic E-state index is 12.2. The Labute approximate surface area is 187 Å². The fraction of sp³-hybridized carbons (Fsp3) is 0.250. The minimum Gasteiger partial charge on any atom is -0.369 e. The zero-order valence-corrected chi connectivity index (χ0v) is 18.8. The summed E-state index contributed by atoms with van der Waals surface area (Å²) >= 11 is 0. The monoisotopic (exact) mass is 429 g/mol. The average Bonchev–Trinajstić information content (AvgIpc) is 2.84.